The van der Waals surface area contributed by atoms with Crippen molar-refractivity contribution in [1.29, 1.82) is 0 Å². The zero-order valence-corrected chi connectivity index (χ0v) is 19.0. The third-order valence-corrected chi connectivity index (χ3v) is 5.65. The highest BCUT2D eigenvalue weighted by molar-refractivity contribution is 7.92. The molecule has 0 aliphatic heterocycles. The number of hydrogen-bond acceptors (Lipinski definition) is 5. The lowest BCUT2D eigenvalue weighted by molar-refractivity contribution is -0.123. The van der Waals surface area contributed by atoms with Crippen LogP contribution >= 0.6 is 0 Å². The van der Waals surface area contributed by atoms with E-state index in [0.717, 1.165) is 17.6 Å². The van der Waals surface area contributed by atoms with E-state index in [-0.39, 0.29) is 17.9 Å². The van der Waals surface area contributed by atoms with E-state index in [9.17, 15) is 13.2 Å². The summed E-state index contributed by atoms with van der Waals surface area (Å²) in [5.74, 6) is 1.03. The fourth-order valence-corrected chi connectivity index (χ4v) is 3.21. The Bertz CT molecular complexity index is 950. The molecule has 1 amide bonds. The Balaban J connectivity index is 1.76. The van der Waals surface area contributed by atoms with Gasteiger partial charge in [0.05, 0.1) is 18.5 Å². The average molecular weight is 435 g/mol. The minimum absolute atomic E-state index is 0.0284. The maximum atomic E-state index is 12.0. The lowest BCUT2D eigenvalue weighted by atomic mass is 9.86. The van der Waals surface area contributed by atoms with E-state index in [1.54, 1.807) is 24.3 Å². The van der Waals surface area contributed by atoms with Gasteiger partial charge in [-0.1, -0.05) is 39.0 Å². The average Bonchev–Trinajstić information content (AvgIpc) is 2.68. The summed E-state index contributed by atoms with van der Waals surface area (Å²) < 4.78 is 35.5. The number of rotatable bonds is 9. The first-order valence-electron chi connectivity index (χ1n) is 9.64. The molecular weight excluding hydrogens is 404 g/mol. The van der Waals surface area contributed by atoms with Gasteiger partial charge in [0.25, 0.3) is 5.91 Å². The molecule has 7 nitrogen and oxygen atoms in total. The van der Waals surface area contributed by atoms with Crippen molar-refractivity contribution >= 4 is 21.6 Å². The Kier molecular flexibility index (Phi) is 7.72. The third kappa shape index (κ3) is 6.95. The predicted octanol–water partition coefficient (Wildman–Crippen LogP) is 2.95. The molecule has 0 atom stereocenters. The van der Waals surface area contributed by atoms with Crippen LogP contribution in [0.2, 0.25) is 0 Å². The highest BCUT2D eigenvalue weighted by Crippen LogP contribution is 2.30. The molecule has 0 heterocycles. The largest absolute Gasteiger partial charge is 0.491 e. The van der Waals surface area contributed by atoms with E-state index in [1.165, 1.54) is 11.4 Å². The van der Waals surface area contributed by atoms with E-state index in [1.807, 2.05) is 24.3 Å². The number of para-hydroxylation sites is 1. The Labute approximate surface area is 179 Å². The van der Waals surface area contributed by atoms with Crippen LogP contribution in [-0.4, -0.2) is 47.4 Å². The van der Waals surface area contributed by atoms with Crippen LogP contribution in [0.5, 0.6) is 11.5 Å². The predicted molar refractivity (Wildman–Crippen MR) is 119 cm³/mol. The second kappa shape index (κ2) is 9.84. The van der Waals surface area contributed by atoms with Crippen LogP contribution < -0.4 is 19.1 Å². The summed E-state index contributed by atoms with van der Waals surface area (Å²) in [5.41, 5.74) is 1.60. The third-order valence-electron chi connectivity index (χ3n) is 4.44. The van der Waals surface area contributed by atoms with E-state index < -0.39 is 10.0 Å². The summed E-state index contributed by atoms with van der Waals surface area (Å²) in [6.45, 7) is 6.95. The molecule has 0 aromatic heterocycles. The smallest absolute Gasteiger partial charge is 0.258 e. The summed E-state index contributed by atoms with van der Waals surface area (Å²) in [6.07, 6.45) is 1.13. The number of nitrogens with zero attached hydrogens (tertiary/aromatic N) is 1. The molecule has 30 heavy (non-hydrogen) atoms. The van der Waals surface area contributed by atoms with Gasteiger partial charge in [0, 0.05) is 7.05 Å². The van der Waals surface area contributed by atoms with Gasteiger partial charge in [-0.15, -0.1) is 0 Å². The Morgan fingerprint density at radius 3 is 2.27 bits per heavy atom. The number of anilines is 1. The molecule has 0 radical (unpaired) electrons. The number of carbonyl (C=O) groups excluding carboxylic acids is 1. The van der Waals surface area contributed by atoms with Gasteiger partial charge in [-0.25, -0.2) is 8.42 Å². The number of amides is 1. The lowest BCUT2D eigenvalue weighted by Gasteiger charge is -2.22. The molecule has 0 aliphatic rings. The quantitative estimate of drug-likeness (QED) is 0.614. The van der Waals surface area contributed by atoms with Crippen LogP contribution in [0.3, 0.4) is 0 Å². The van der Waals surface area contributed by atoms with Crippen LogP contribution in [0.25, 0.3) is 0 Å². The van der Waals surface area contributed by atoms with Gasteiger partial charge in [-0.05, 0) is 41.3 Å². The van der Waals surface area contributed by atoms with Crippen molar-refractivity contribution in [2.24, 2.45) is 0 Å². The first-order valence-corrected chi connectivity index (χ1v) is 11.5. The molecular formula is C22H30N2O5S. The second-order valence-electron chi connectivity index (χ2n) is 7.96. The van der Waals surface area contributed by atoms with E-state index >= 15 is 0 Å². The normalized spacial score (nSPS) is 11.6. The molecule has 0 saturated heterocycles. The molecule has 0 saturated carbocycles. The van der Waals surface area contributed by atoms with Gasteiger partial charge < -0.3 is 14.8 Å². The van der Waals surface area contributed by atoms with Crippen molar-refractivity contribution in [1.82, 2.24) is 5.32 Å². The van der Waals surface area contributed by atoms with Gasteiger partial charge >= 0.3 is 0 Å². The molecule has 0 fully saturated rings. The molecule has 2 aromatic rings. The van der Waals surface area contributed by atoms with E-state index in [0.29, 0.717) is 24.6 Å². The fraction of sp³-hybridized carbons (Fsp3) is 0.409. The Morgan fingerprint density at radius 2 is 1.67 bits per heavy atom. The topological polar surface area (TPSA) is 84.9 Å². The number of nitrogens with one attached hydrogen (secondary N) is 1. The standard InChI is InChI=1S/C22H30N2O5S/c1-22(2,3)19-8-6-7-9-20(19)28-15-14-23-21(25)16-29-18-12-10-17(11-13-18)24(4)30(5,26)27/h6-13H,14-16H2,1-5H3,(H,23,25). The summed E-state index contributed by atoms with van der Waals surface area (Å²) in [5, 5.41) is 2.75. The molecule has 8 heteroatoms. The SMILES string of the molecule is CN(c1ccc(OCC(=O)NCCOc2ccccc2C(C)(C)C)cc1)S(C)(=O)=O. The highest BCUT2D eigenvalue weighted by atomic mass is 32.2. The number of hydrogen-bond donors (Lipinski definition) is 1. The molecule has 164 valence electrons. The second-order valence-corrected chi connectivity index (χ2v) is 9.97. The van der Waals surface area contributed by atoms with E-state index in [4.69, 9.17) is 9.47 Å². The maximum Gasteiger partial charge on any atom is 0.258 e. The Hall–Kier alpha value is -2.74. The van der Waals surface area contributed by atoms with Crippen LogP contribution in [0.4, 0.5) is 5.69 Å². The molecule has 0 unspecified atom stereocenters. The number of sulfonamides is 1. The fourth-order valence-electron chi connectivity index (χ4n) is 2.71. The van der Waals surface area contributed by atoms with Crippen molar-refractivity contribution in [3.05, 3.63) is 54.1 Å². The summed E-state index contributed by atoms with van der Waals surface area (Å²) >= 11 is 0. The van der Waals surface area contributed by atoms with Crippen molar-refractivity contribution in [2.75, 3.05) is 37.4 Å². The first-order chi connectivity index (χ1) is 14.0. The summed E-state index contributed by atoms with van der Waals surface area (Å²) in [6, 6.07) is 14.4. The van der Waals surface area contributed by atoms with Crippen LogP contribution in [0.15, 0.2) is 48.5 Å². The minimum Gasteiger partial charge on any atom is -0.491 e. The van der Waals surface area contributed by atoms with Crippen LogP contribution in [0.1, 0.15) is 26.3 Å². The van der Waals surface area contributed by atoms with Crippen LogP contribution in [-0.2, 0) is 20.2 Å². The molecule has 2 rings (SSSR count). The summed E-state index contributed by atoms with van der Waals surface area (Å²) in [7, 11) is -1.85. The minimum atomic E-state index is -3.32. The number of carbonyl (C=O) groups is 1. The van der Waals surface area contributed by atoms with Gasteiger partial charge in [-0.3, -0.25) is 9.10 Å². The van der Waals surface area contributed by atoms with Gasteiger partial charge in [-0.2, -0.15) is 0 Å². The summed E-state index contributed by atoms with van der Waals surface area (Å²) in [4.78, 5) is 12.0. The van der Waals surface area contributed by atoms with Crippen molar-refractivity contribution in [3.8, 4) is 11.5 Å². The van der Waals surface area contributed by atoms with Crippen molar-refractivity contribution in [2.45, 2.75) is 26.2 Å². The van der Waals surface area contributed by atoms with E-state index in [2.05, 4.69) is 26.1 Å². The van der Waals surface area contributed by atoms with Gasteiger partial charge in [0.1, 0.15) is 18.1 Å². The van der Waals surface area contributed by atoms with Crippen molar-refractivity contribution < 1.29 is 22.7 Å². The monoisotopic (exact) mass is 434 g/mol. The lowest BCUT2D eigenvalue weighted by Crippen LogP contribution is -2.32. The zero-order valence-electron chi connectivity index (χ0n) is 18.1. The zero-order chi connectivity index (χ0) is 22.4. The maximum absolute atomic E-state index is 12.0. The van der Waals surface area contributed by atoms with Crippen LogP contribution in [0, 0.1) is 0 Å². The Morgan fingerprint density at radius 1 is 1.03 bits per heavy atom. The molecule has 0 spiro atoms. The highest BCUT2D eigenvalue weighted by Gasteiger charge is 2.18. The van der Waals surface area contributed by atoms with Crippen molar-refractivity contribution in [3.63, 3.8) is 0 Å². The first kappa shape index (κ1) is 23.5. The van der Waals surface area contributed by atoms with Gasteiger partial charge in [0.15, 0.2) is 6.61 Å². The molecule has 0 bridgehead atoms. The van der Waals surface area contributed by atoms with Gasteiger partial charge in [0.2, 0.25) is 10.0 Å². The molecule has 1 N–H and O–H groups in total. The molecule has 2 aromatic carbocycles. The molecule has 0 aliphatic carbocycles. The number of benzene rings is 2. The number of ether oxygens (including phenoxy) is 2.